The maximum Gasteiger partial charge on any atom is 0.241 e. The number of furan rings is 1. The van der Waals surface area contributed by atoms with Crippen LogP contribution in [0.5, 0.6) is 0 Å². The van der Waals surface area contributed by atoms with Gasteiger partial charge in [-0.15, -0.1) is 0 Å². The van der Waals surface area contributed by atoms with Gasteiger partial charge in [-0.1, -0.05) is 0 Å². The minimum Gasteiger partial charge on any atom is -0.467 e. The van der Waals surface area contributed by atoms with Gasteiger partial charge >= 0.3 is 0 Å². The first kappa shape index (κ1) is 16.2. The number of hydrogen-bond donors (Lipinski definition) is 2. The van der Waals surface area contributed by atoms with E-state index in [-0.39, 0.29) is 11.4 Å². The summed E-state index contributed by atoms with van der Waals surface area (Å²) in [7, 11) is -3.89. The normalized spacial score (nSPS) is 12.8. The molecule has 0 unspecified atom stereocenters. The second-order valence-electron chi connectivity index (χ2n) is 4.59. The van der Waals surface area contributed by atoms with Gasteiger partial charge in [0.1, 0.15) is 11.6 Å². The molecule has 0 radical (unpaired) electrons. The van der Waals surface area contributed by atoms with Crippen LogP contribution in [0, 0.1) is 5.82 Å². The molecule has 118 valence electrons. The molecule has 6 nitrogen and oxygen atoms in total. The number of nitrogens with one attached hydrogen (secondary N) is 2. The molecule has 0 saturated heterocycles. The van der Waals surface area contributed by atoms with Crippen molar-refractivity contribution in [2.75, 3.05) is 0 Å². The van der Waals surface area contributed by atoms with Crippen molar-refractivity contribution in [2.45, 2.75) is 24.4 Å². The molecule has 22 heavy (non-hydrogen) atoms. The Morgan fingerprint density at radius 3 is 2.55 bits per heavy atom. The van der Waals surface area contributed by atoms with Crippen molar-refractivity contribution in [3.63, 3.8) is 0 Å². The topological polar surface area (TPSA) is 88.4 Å². The molecule has 0 aliphatic heterocycles. The van der Waals surface area contributed by atoms with E-state index in [0.717, 1.165) is 24.3 Å². The van der Waals surface area contributed by atoms with E-state index >= 15 is 0 Å². The van der Waals surface area contributed by atoms with Crippen LogP contribution < -0.4 is 10.0 Å². The number of halogens is 1. The quantitative estimate of drug-likeness (QED) is 0.840. The summed E-state index contributed by atoms with van der Waals surface area (Å²) in [4.78, 5) is 11.8. The average molecular weight is 326 g/mol. The summed E-state index contributed by atoms with van der Waals surface area (Å²) in [6.45, 7) is 1.58. The summed E-state index contributed by atoms with van der Waals surface area (Å²) in [6, 6.07) is 6.73. The van der Waals surface area contributed by atoms with Crippen molar-refractivity contribution in [2.24, 2.45) is 0 Å². The number of carbonyl (C=O) groups is 1. The van der Waals surface area contributed by atoms with E-state index in [1.165, 1.54) is 13.2 Å². The number of carbonyl (C=O) groups excluding carboxylic acids is 1. The van der Waals surface area contributed by atoms with Crippen LogP contribution in [-0.2, 0) is 21.4 Å². The van der Waals surface area contributed by atoms with Gasteiger partial charge in [-0.05, 0) is 43.3 Å². The molecule has 1 aromatic carbocycles. The maximum atomic E-state index is 12.8. The van der Waals surface area contributed by atoms with Gasteiger partial charge in [-0.3, -0.25) is 4.79 Å². The lowest BCUT2D eigenvalue weighted by Crippen LogP contribution is -2.44. The molecule has 1 atom stereocenters. The molecule has 1 aromatic heterocycles. The zero-order valence-corrected chi connectivity index (χ0v) is 12.6. The van der Waals surface area contributed by atoms with E-state index in [1.807, 2.05) is 0 Å². The molecule has 0 spiro atoms. The number of benzene rings is 1. The summed E-state index contributed by atoms with van der Waals surface area (Å²) in [6.07, 6.45) is 1.47. The minimum absolute atomic E-state index is 0.111. The van der Waals surface area contributed by atoms with Gasteiger partial charge in [0.05, 0.1) is 23.7 Å². The second-order valence-corrected chi connectivity index (χ2v) is 6.31. The number of hydrogen-bond acceptors (Lipinski definition) is 4. The Labute approximate surface area is 127 Å². The fourth-order valence-corrected chi connectivity index (χ4v) is 2.91. The van der Waals surface area contributed by atoms with Gasteiger partial charge < -0.3 is 9.73 Å². The van der Waals surface area contributed by atoms with Gasteiger partial charge in [0, 0.05) is 0 Å². The van der Waals surface area contributed by atoms with Crippen LogP contribution in [-0.4, -0.2) is 20.4 Å². The molecule has 0 fully saturated rings. The first-order valence-corrected chi connectivity index (χ1v) is 7.95. The summed E-state index contributed by atoms with van der Waals surface area (Å²) in [5.41, 5.74) is 0. The standard InChI is InChI=1S/C14H15FN2O4S/c1-10(14(18)16-9-12-3-2-8-21-12)17-22(19,20)13-6-4-11(15)5-7-13/h2-8,10,17H,9H2,1H3,(H,16,18)/t10-/m1/s1. The lowest BCUT2D eigenvalue weighted by Gasteiger charge is -2.14. The van der Waals surface area contributed by atoms with Crippen molar-refractivity contribution in [1.29, 1.82) is 0 Å². The average Bonchev–Trinajstić information content (AvgIpc) is 2.98. The summed E-state index contributed by atoms with van der Waals surface area (Å²) in [5, 5.41) is 2.55. The van der Waals surface area contributed by atoms with Crippen LogP contribution >= 0.6 is 0 Å². The minimum atomic E-state index is -3.89. The third kappa shape index (κ3) is 4.15. The number of sulfonamides is 1. The van der Waals surface area contributed by atoms with Crippen LogP contribution in [0.2, 0.25) is 0 Å². The Hall–Kier alpha value is -2.19. The van der Waals surface area contributed by atoms with E-state index in [2.05, 4.69) is 10.0 Å². The fourth-order valence-electron chi connectivity index (χ4n) is 1.71. The van der Waals surface area contributed by atoms with Crippen LogP contribution in [0.25, 0.3) is 0 Å². The molecular formula is C14H15FN2O4S. The molecule has 1 heterocycles. The van der Waals surface area contributed by atoms with Gasteiger partial charge in [0.2, 0.25) is 15.9 Å². The Bertz CT molecular complexity index is 727. The van der Waals surface area contributed by atoms with E-state index in [0.29, 0.717) is 5.76 Å². The largest absolute Gasteiger partial charge is 0.467 e. The van der Waals surface area contributed by atoms with Crippen molar-refractivity contribution in [1.82, 2.24) is 10.0 Å². The molecule has 0 aliphatic rings. The van der Waals surface area contributed by atoms with Gasteiger partial charge in [-0.25, -0.2) is 12.8 Å². The van der Waals surface area contributed by atoms with Crippen molar-refractivity contribution in [3.8, 4) is 0 Å². The highest BCUT2D eigenvalue weighted by atomic mass is 32.2. The van der Waals surface area contributed by atoms with Crippen LogP contribution in [0.1, 0.15) is 12.7 Å². The molecule has 0 bridgehead atoms. The van der Waals surface area contributed by atoms with Crippen molar-refractivity contribution in [3.05, 3.63) is 54.2 Å². The molecule has 2 aromatic rings. The monoisotopic (exact) mass is 326 g/mol. The zero-order valence-electron chi connectivity index (χ0n) is 11.7. The fraction of sp³-hybridized carbons (Fsp3) is 0.214. The van der Waals surface area contributed by atoms with Crippen LogP contribution in [0.3, 0.4) is 0 Å². The summed E-state index contributed by atoms with van der Waals surface area (Å²) in [5.74, 6) is -0.479. The maximum absolute atomic E-state index is 12.8. The van der Waals surface area contributed by atoms with E-state index in [4.69, 9.17) is 4.42 Å². The Morgan fingerprint density at radius 1 is 1.27 bits per heavy atom. The van der Waals surface area contributed by atoms with Crippen molar-refractivity contribution < 1.29 is 22.0 Å². The lowest BCUT2D eigenvalue weighted by molar-refractivity contribution is -0.122. The van der Waals surface area contributed by atoms with Crippen LogP contribution in [0.4, 0.5) is 4.39 Å². The molecule has 8 heteroatoms. The Morgan fingerprint density at radius 2 is 1.95 bits per heavy atom. The zero-order chi connectivity index (χ0) is 16.2. The second kappa shape index (κ2) is 6.71. The number of rotatable bonds is 6. The SMILES string of the molecule is C[C@@H](NS(=O)(=O)c1ccc(F)cc1)C(=O)NCc1ccco1. The number of amides is 1. The van der Waals surface area contributed by atoms with E-state index < -0.39 is 27.8 Å². The molecule has 2 N–H and O–H groups in total. The highest BCUT2D eigenvalue weighted by molar-refractivity contribution is 7.89. The van der Waals surface area contributed by atoms with E-state index in [9.17, 15) is 17.6 Å². The third-order valence-electron chi connectivity index (χ3n) is 2.87. The highest BCUT2D eigenvalue weighted by Crippen LogP contribution is 2.10. The summed E-state index contributed by atoms with van der Waals surface area (Å²) < 4.78 is 44.2. The predicted molar refractivity (Wildman–Crippen MR) is 76.7 cm³/mol. The smallest absolute Gasteiger partial charge is 0.241 e. The van der Waals surface area contributed by atoms with Crippen LogP contribution in [0.15, 0.2) is 52.0 Å². The molecule has 1 amide bonds. The van der Waals surface area contributed by atoms with Gasteiger partial charge in [0.25, 0.3) is 0 Å². The predicted octanol–water partition coefficient (Wildman–Crippen LogP) is 1.40. The molecule has 0 aliphatic carbocycles. The highest BCUT2D eigenvalue weighted by Gasteiger charge is 2.22. The van der Waals surface area contributed by atoms with Gasteiger partial charge in [0.15, 0.2) is 0 Å². The van der Waals surface area contributed by atoms with Gasteiger partial charge in [-0.2, -0.15) is 4.72 Å². The molecule has 0 saturated carbocycles. The summed E-state index contributed by atoms with van der Waals surface area (Å²) >= 11 is 0. The van der Waals surface area contributed by atoms with Crippen molar-refractivity contribution >= 4 is 15.9 Å². The first-order valence-electron chi connectivity index (χ1n) is 6.46. The molecule has 2 rings (SSSR count). The first-order chi connectivity index (χ1) is 10.4. The van der Waals surface area contributed by atoms with E-state index in [1.54, 1.807) is 12.1 Å². The third-order valence-corrected chi connectivity index (χ3v) is 4.42. The lowest BCUT2D eigenvalue weighted by atomic mass is 10.3. The Kier molecular flexibility index (Phi) is 4.94. The molecular weight excluding hydrogens is 311 g/mol. The Balaban J connectivity index is 1.96.